The average Bonchev–Trinajstić information content (AvgIpc) is 2.89. The van der Waals surface area contributed by atoms with Crippen molar-refractivity contribution < 1.29 is 4.57 Å². The van der Waals surface area contributed by atoms with Gasteiger partial charge in [-0.2, -0.15) is 0 Å². The van der Waals surface area contributed by atoms with E-state index in [0.717, 1.165) is 13.1 Å². The van der Waals surface area contributed by atoms with Gasteiger partial charge in [-0.1, -0.05) is 6.92 Å². The van der Waals surface area contributed by atoms with Crippen LogP contribution in [0.2, 0.25) is 0 Å². The second kappa shape index (κ2) is 7.22. The Morgan fingerprint density at radius 2 is 1.95 bits per heavy atom. The third-order valence-electron chi connectivity index (χ3n) is 3.79. The zero-order valence-corrected chi connectivity index (χ0v) is 13.3. The van der Waals surface area contributed by atoms with Gasteiger partial charge in [0.2, 0.25) is 0 Å². The Balaban J connectivity index is 0.000000191. The van der Waals surface area contributed by atoms with Crippen molar-refractivity contribution in [3.63, 3.8) is 0 Å². The molecule has 4 nitrogen and oxygen atoms in total. The minimum absolute atomic E-state index is 0.551. The molecule has 0 N–H and O–H groups in total. The van der Waals surface area contributed by atoms with E-state index in [1.54, 1.807) is 0 Å². The smallest absolute Gasteiger partial charge is 0.253 e. The van der Waals surface area contributed by atoms with Crippen LogP contribution in [0, 0.1) is 6.92 Å². The average molecular weight is 265 g/mol. The van der Waals surface area contributed by atoms with Crippen LogP contribution < -0.4 is 4.57 Å². The van der Waals surface area contributed by atoms with Gasteiger partial charge in [0.15, 0.2) is 0 Å². The molecule has 0 aromatic carbocycles. The Morgan fingerprint density at radius 3 is 2.26 bits per heavy atom. The van der Waals surface area contributed by atoms with Crippen LogP contribution in [0.4, 0.5) is 0 Å². The fourth-order valence-electron chi connectivity index (χ4n) is 2.12. The Hall–Kier alpha value is -1.45. The van der Waals surface area contributed by atoms with E-state index in [0.29, 0.717) is 6.17 Å². The van der Waals surface area contributed by atoms with Gasteiger partial charge in [-0.15, -0.1) is 0 Å². The lowest BCUT2D eigenvalue weighted by Crippen LogP contribution is -2.33. The van der Waals surface area contributed by atoms with Crippen LogP contribution in [-0.4, -0.2) is 34.1 Å². The van der Waals surface area contributed by atoms with E-state index in [1.165, 1.54) is 12.2 Å². The van der Waals surface area contributed by atoms with Gasteiger partial charge in [-0.3, -0.25) is 0 Å². The molecule has 0 spiro atoms. The first-order valence-corrected chi connectivity index (χ1v) is 7.18. The van der Waals surface area contributed by atoms with Crippen molar-refractivity contribution in [2.45, 2.75) is 46.8 Å². The highest BCUT2D eigenvalue weighted by atomic mass is 15.4. The third-order valence-corrected chi connectivity index (χ3v) is 3.79. The standard InChI is InChI=1S/C8H15N2.C7H14N2/c1-4-5-10-7-6-9(3)8(10)2;1-4-9-6-5-8(3)7(9)2/h6-7H,4-5H2,1-3H3;5-7H,4H2,1-3H3/q+1;. The second-order valence-corrected chi connectivity index (χ2v) is 5.08. The first-order valence-electron chi connectivity index (χ1n) is 7.18. The molecule has 1 aromatic rings. The number of aromatic nitrogens is 2. The SMILES string of the molecule is CCCn1cc[n+](C)c1C.CCN1C=CN(C)C1C. The summed E-state index contributed by atoms with van der Waals surface area (Å²) in [6, 6.07) is 0. The van der Waals surface area contributed by atoms with Gasteiger partial charge in [0.1, 0.15) is 12.4 Å². The minimum atomic E-state index is 0.551. The lowest BCUT2D eigenvalue weighted by molar-refractivity contribution is -0.677. The molecule has 2 rings (SSSR count). The van der Waals surface area contributed by atoms with Crippen LogP contribution in [0.25, 0.3) is 0 Å². The number of hydrogen-bond acceptors (Lipinski definition) is 2. The number of rotatable bonds is 3. The van der Waals surface area contributed by atoms with Crippen molar-refractivity contribution in [3.8, 4) is 0 Å². The molecule has 0 aliphatic carbocycles. The summed E-state index contributed by atoms with van der Waals surface area (Å²) in [5.74, 6) is 1.32. The molecular weight excluding hydrogens is 236 g/mol. The van der Waals surface area contributed by atoms with Crippen molar-refractivity contribution in [2.75, 3.05) is 13.6 Å². The molecular formula is C15H29N4+. The molecule has 0 radical (unpaired) electrons. The maximum Gasteiger partial charge on any atom is 0.253 e. The molecule has 108 valence electrons. The molecule has 0 saturated carbocycles. The van der Waals surface area contributed by atoms with E-state index >= 15 is 0 Å². The maximum absolute atomic E-state index is 2.29. The number of aryl methyl sites for hydroxylation is 2. The van der Waals surface area contributed by atoms with E-state index < -0.39 is 0 Å². The Bertz CT molecular complexity index is 408. The van der Waals surface area contributed by atoms with Gasteiger partial charge in [0.25, 0.3) is 5.82 Å². The van der Waals surface area contributed by atoms with Crippen LogP contribution >= 0.6 is 0 Å². The predicted molar refractivity (Wildman–Crippen MR) is 79.4 cm³/mol. The van der Waals surface area contributed by atoms with E-state index in [2.05, 4.69) is 85.5 Å². The summed E-state index contributed by atoms with van der Waals surface area (Å²) in [6.45, 7) is 10.9. The van der Waals surface area contributed by atoms with Gasteiger partial charge in [-0.05, 0) is 20.3 Å². The molecule has 1 atom stereocenters. The van der Waals surface area contributed by atoms with Crippen molar-refractivity contribution >= 4 is 0 Å². The van der Waals surface area contributed by atoms with Gasteiger partial charge >= 0.3 is 0 Å². The highest BCUT2D eigenvalue weighted by Crippen LogP contribution is 2.11. The van der Waals surface area contributed by atoms with E-state index in [9.17, 15) is 0 Å². The molecule has 1 aliphatic heterocycles. The van der Waals surface area contributed by atoms with Crippen molar-refractivity contribution in [3.05, 3.63) is 30.6 Å². The Labute approximate surface area is 117 Å². The molecule has 1 aliphatic rings. The zero-order chi connectivity index (χ0) is 14.4. The Kier molecular flexibility index (Phi) is 5.93. The van der Waals surface area contributed by atoms with Crippen molar-refractivity contribution in [2.24, 2.45) is 7.05 Å². The monoisotopic (exact) mass is 265 g/mol. The van der Waals surface area contributed by atoms with Crippen LogP contribution in [0.3, 0.4) is 0 Å². The first-order chi connectivity index (χ1) is 9.01. The summed E-state index contributed by atoms with van der Waals surface area (Å²) < 4.78 is 4.40. The van der Waals surface area contributed by atoms with Crippen LogP contribution in [0.5, 0.6) is 0 Å². The second-order valence-electron chi connectivity index (χ2n) is 5.08. The maximum atomic E-state index is 2.29. The lowest BCUT2D eigenvalue weighted by Gasteiger charge is -2.25. The molecule has 0 saturated heterocycles. The van der Waals surface area contributed by atoms with E-state index in [4.69, 9.17) is 0 Å². The summed E-state index contributed by atoms with van der Waals surface area (Å²) in [4.78, 5) is 4.49. The summed E-state index contributed by atoms with van der Waals surface area (Å²) in [5, 5.41) is 0. The minimum Gasteiger partial charge on any atom is -0.359 e. The van der Waals surface area contributed by atoms with E-state index in [1.807, 2.05) is 0 Å². The summed E-state index contributed by atoms with van der Waals surface area (Å²) in [6.07, 6.45) is 10.2. The van der Waals surface area contributed by atoms with Crippen LogP contribution in [0.15, 0.2) is 24.8 Å². The number of nitrogens with zero attached hydrogens (tertiary/aromatic N) is 4. The molecule has 0 fully saturated rings. The van der Waals surface area contributed by atoms with Crippen LogP contribution in [-0.2, 0) is 13.6 Å². The fraction of sp³-hybridized carbons (Fsp3) is 0.667. The molecule has 4 heteroatoms. The van der Waals surface area contributed by atoms with Crippen molar-refractivity contribution in [1.29, 1.82) is 0 Å². The topological polar surface area (TPSA) is 15.3 Å². The molecule has 19 heavy (non-hydrogen) atoms. The van der Waals surface area contributed by atoms with E-state index in [-0.39, 0.29) is 0 Å². The molecule has 0 bridgehead atoms. The predicted octanol–water partition coefficient (Wildman–Crippen LogP) is 2.10. The molecule has 0 amide bonds. The summed E-state index contributed by atoms with van der Waals surface area (Å²) in [5.41, 5.74) is 0. The highest BCUT2D eigenvalue weighted by molar-refractivity contribution is 4.92. The van der Waals surface area contributed by atoms with Crippen molar-refractivity contribution in [1.82, 2.24) is 14.4 Å². The summed E-state index contributed by atoms with van der Waals surface area (Å²) in [7, 11) is 4.16. The Morgan fingerprint density at radius 1 is 1.26 bits per heavy atom. The normalized spacial score (nSPS) is 17.7. The molecule has 2 heterocycles. The number of imidazole rings is 1. The van der Waals surface area contributed by atoms with Gasteiger partial charge in [0, 0.05) is 32.9 Å². The van der Waals surface area contributed by atoms with Crippen LogP contribution in [0.1, 0.15) is 33.0 Å². The third kappa shape index (κ3) is 4.01. The largest absolute Gasteiger partial charge is 0.359 e. The lowest BCUT2D eigenvalue weighted by atomic mass is 10.5. The van der Waals surface area contributed by atoms with Gasteiger partial charge in [0.05, 0.1) is 19.8 Å². The first kappa shape index (κ1) is 15.6. The number of hydrogen-bond donors (Lipinski definition) is 0. The summed E-state index contributed by atoms with van der Waals surface area (Å²) >= 11 is 0. The highest BCUT2D eigenvalue weighted by Gasteiger charge is 2.15. The van der Waals surface area contributed by atoms with Gasteiger partial charge in [-0.25, -0.2) is 9.13 Å². The quantitative estimate of drug-likeness (QED) is 0.778. The molecule has 1 aromatic heterocycles. The fourth-order valence-corrected chi connectivity index (χ4v) is 2.12. The molecule has 1 unspecified atom stereocenters. The van der Waals surface area contributed by atoms with Gasteiger partial charge < -0.3 is 9.80 Å². The zero-order valence-electron chi connectivity index (χ0n) is 13.3.